The van der Waals surface area contributed by atoms with Gasteiger partial charge in [-0.05, 0) is 23.8 Å². The van der Waals surface area contributed by atoms with Crippen molar-refractivity contribution in [1.82, 2.24) is 4.31 Å². The largest absolute Gasteiger partial charge is 0.545 e. The third kappa shape index (κ3) is 3.55. The van der Waals surface area contributed by atoms with Gasteiger partial charge in [0, 0.05) is 14.1 Å². The number of rotatable bonds is 5. The fraction of sp³-hybridized carbons (Fsp3) is 0.250. The Morgan fingerprint density at radius 2 is 2.00 bits per heavy atom. The molecular formula is C12H14NO5S-. The molecule has 0 radical (unpaired) electrons. The molecular weight excluding hydrogens is 270 g/mol. The summed E-state index contributed by atoms with van der Waals surface area (Å²) < 4.78 is 30.2. The van der Waals surface area contributed by atoms with Crippen LogP contribution in [0.2, 0.25) is 0 Å². The van der Waals surface area contributed by atoms with Crippen LogP contribution in [-0.2, 0) is 14.8 Å². The van der Waals surface area contributed by atoms with Crippen LogP contribution in [0, 0.1) is 0 Å². The van der Waals surface area contributed by atoms with Crippen LogP contribution in [0.15, 0.2) is 29.2 Å². The molecule has 0 fully saturated rings. The first-order valence-corrected chi connectivity index (χ1v) is 6.72. The fourth-order valence-electron chi connectivity index (χ4n) is 1.36. The molecule has 0 spiro atoms. The third-order valence-corrected chi connectivity index (χ3v) is 4.19. The van der Waals surface area contributed by atoms with Crippen molar-refractivity contribution in [2.75, 3.05) is 21.2 Å². The van der Waals surface area contributed by atoms with Crippen molar-refractivity contribution in [3.63, 3.8) is 0 Å². The molecule has 0 aliphatic carbocycles. The lowest BCUT2D eigenvalue weighted by molar-refractivity contribution is -0.297. The summed E-state index contributed by atoms with van der Waals surface area (Å²) >= 11 is 0. The van der Waals surface area contributed by atoms with E-state index >= 15 is 0 Å². The van der Waals surface area contributed by atoms with Crippen LogP contribution in [0.25, 0.3) is 6.08 Å². The Kier molecular flexibility index (Phi) is 4.68. The SMILES string of the molecule is COc1ccc(/C=C/C(=O)[O-])cc1S(=O)(=O)N(C)C. The van der Waals surface area contributed by atoms with Crippen molar-refractivity contribution in [2.24, 2.45) is 0 Å². The standard InChI is InChI=1S/C12H15NO5S/c1-13(2)19(16,17)11-8-9(5-7-12(14)15)4-6-10(11)18-3/h4-8H,1-3H3,(H,14,15)/p-1/b7-5+. The molecule has 0 aliphatic rings. The zero-order chi connectivity index (χ0) is 14.6. The zero-order valence-electron chi connectivity index (χ0n) is 10.8. The summed E-state index contributed by atoms with van der Waals surface area (Å²) in [6.45, 7) is 0. The third-order valence-electron chi connectivity index (χ3n) is 2.36. The highest BCUT2D eigenvalue weighted by Crippen LogP contribution is 2.27. The number of methoxy groups -OCH3 is 1. The van der Waals surface area contributed by atoms with E-state index in [9.17, 15) is 18.3 Å². The van der Waals surface area contributed by atoms with Gasteiger partial charge in [0.15, 0.2) is 0 Å². The minimum atomic E-state index is -3.67. The molecule has 0 aromatic heterocycles. The first-order valence-electron chi connectivity index (χ1n) is 5.28. The summed E-state index contributed by atoms with van der Waals surface area (Å²) in [5.74, 6) is -1.16. The minimum absolute atomic E-state index is 0.0273. The number of carbonyl (C=O) groups is 1. The Balaban J connectivity index is 3.37. The van der Waals surface area contributed by atoms with E-state index in [1.165, 1.54) is 39.4 Å². The van der Waals surface area contributed by atoms with E-state index in [1.807, 2.05) is 0 Å². The monoisotopic (exact) mass is 284 g/mol. The summed E-state index contributed by atoms with van der Waals surface area (Å²) in [6, 6.07) is 4.35. The predicted molar refractivity (Wildman–Crippen MR) is 67.9 cm³/mol. The van der Waals surface area contributed by atoms with Crippen LogP contribution in [0.4, 0.5) is 0 Å². The minimum Gasteiger partial charge on any atom is -0.545 e. The molecule has 0 atom stereocenters. The van der Waals surface area contributed by atoms with Gasteiger partial charge in [0.2, 0.25) is 10.0 Å². The van der Waals surface area contributed by atoms with Gasteiger partial charge in [0.25, 0.3) is 0 Å². The second-order valence-electron chi connectivity index (χ2n) is 3.85. The first kappa shape index (κ1) is 15.2. The molecule has 19 heavy (non-hydrogen) atoms. The molecule has 0 aliphatic heterocycles. The molecule has 0 saturated heterocycles. The fourth-order valence-corrected chi connectivity index (χ4v) is 2.44. The average Bonchev–Trinajstić information content (AvgIpc) is 2.35. The summed E-state index contributed by atoms with van der Waals surface area (Å²) in [5.41, 5.74) is 0.422. The molecule has 0 amide bonds. The first-order chi connectivity index (χ1) is 8.78. The van der Waals surface area contributed by atoms with Gasteiger partial charge >= 0.3 is 0 Å². The molecule has 104 valence electrons. The van der Waals surface area contributed by atoms with Crippen molar-refractivity contribution in [1.29, 1.82) is 0 Å². The number of hydrogen-bond acceptors (Lipinski definition) is 5. The molecule has 7 heteroatoms. The van der Waals surface area contributed by atoms with Crippen LogP contribution in [0.3, 0.4) is 0 Å². The molecule has 0 bridgehead atoms. The normalized spacial score (nSPS) is 12.0. The Morgan fingerprint density at radius 3 is 2.47 bits per heavy atom. The molecule has 1 aromatic rings. The van der Waals surface area contributed by atoms with Crippen LogP contribution < -0.4 is 9.84 Å². The summed E-state index contributed by atoms with van der Waals surface area (Å²) in [4.78, 5) is 10.3. The van der Waals surface area contributed by atoms with Crippen molar-refractivity contribution in [3.8, 4) is 5.75 Å². The lowest BCUT2D eigenvalue weighted by Crippen LogP contribution is -2.22. The molecule has 0 heterocycles. The lowest BCUT2D eigenvalue weighted by Gasteiger charge is -2.15. The van der Waals surface area contributed by atoms with E-state index in [0.717, 1.165) is 10.4 Å². The Morgan fingerprint density at radius 1 is 1.37 bits per heavy atom. The van der Waals surface area contributed by atoms with Gasteiger partial charge in [0.1, 0.15) is 10.6 Å². The highest BCUT2D eigenvalue weighted by molar-refractivity contribution is 7.89. The van der Waals surface area contributed by atoms with Crippen molar-refractivity contribution < 1.29 is 23.1 Å². The molecule has 0 N–H and O–H groups in total. The highest BCUT2D eigenvalue weighted by Gasteiger charge is 2.22. The second kappa shape index (κ2) is 5.85. The summed E-state index contributed by atoms with van der Waals surface area (Å²) in [5, 5.41) is 10.3. The Labute approximate surface area is 112 Å². The lowest BCUT2D eigenvalue weighted by atomic mass is 10.2. The number of sulfonamides is 1. The molecule has 1 aromatic carbocycles. The van der Waals surface area contributed by atoms with E-state index in [4.69, 9.17) is 4.74 Å². The van der Waals surface area contributed by atoms with E-state index in [2.05, 4.69) is 0 Å². The topological polar surface area (TPSA) is 86.7 Å². The number of carboxylic acid groups (broad SMARTS) is 1. The van der Waals surface area contributed by atoms with E-state index < -0.39 is 16.0 Å². The Bertz CT molecular complexity index is 605. The van der Waals surface area contributed by atoms with Crippen LogP contribution in [0.1, 0.15) is 5.56 Å². The van der Waals surface area contributed by atoms with Gasteiger partial charge in [-0.15, -0.1) is 0 Å². The number of carbonyl (C=O) groups excluding carboxylic acids is 1. The quantitative estimate of drug-likeness (QED) is 0.693. The van der Waals surface area contributed by atoms with Gasteiger partial charge in [-0.3, -0.25) is 0 Å². The smallest absolute Gasteiger partial charge is 0.246 e. The number of nitrogens with zero attached hydrogens (tertiary/aromatic N) is 1. The van der Waals surface area contributed by atoms with Crippen LogP contribution in [0.5, 0.6) is 5.75 Å². The summed E-state index contributed by atoms with van der Waals surface area (Å²) in [7, 11) is 0.495. The van der Waals surface area contributed by atoms with Gasteiger partial charge < -0.3 is 14.6 Å². The summed E-state index contributed by atoms with van der Waals surface area (Å²) in [6.07, 6.45) is 2.08. The van der Waals surface area contributed by atoms with Crippen molar-refractivity contribution in [3.05, 3.63) is 29.8 Å². The van der Waals surface area contributed by atoms with Gasteiger partial charge in [-0.2, -0.15) is 0 Å². The average molecular weight is 284 g/mol. The van der Waals surface area contributed by atoms with E-state index in [0.29, 0.717) is 5.56 Å². The van der Waals surface area contributed by atoms with Crippen molar-refractivity contribution in [2.45, 2.75) is 4.90 Å². The highest BCUT2D eigenvalue weighted by atomic mass is 32.2. The number of hydrogen-bond donors (Lipinski definition) is 0. The maximum atomic E-state index is 12.1. The maximum Gasteiger partial charge on any atom is 0.246 e. The predicted octanol–water partition coefficient (Wildman–Crippen LogP) is -0.291. The number of ether oxygens (including phenoxy) is 1. The zero-order valence-corrected chi connectivity index (χ0v) is 11.6. The number of benzene rings is 1. The second-order valence-corrected chi connectivity index (χ2v) is 5.97. The molecule has 0 unspecified atom stereocenters. The van der Waals surface area contributed by atoms with Gasteiger partial charge in [-0.25, -0.2) is 12.7 Å². The van der Waals surface area contributed by atoms with Crippen LogP contribution >= 0.6 is 0 Å². The number of aliphatic carboxylic acids is 1. The van der Waals surface area contributed by atoms with Gasteiger partial charge in [0.05, 0.1) is 13.1 Å². The van der Waals surface area contributed by atoms with Crippen LogP contribution in [-0.4, -0.2) is 39.9 Å². The molecule has 6 nitrogen and oxygen atoms in total. The molecule has 0 saturated carbocycles. The maximum absolute atomic E-state index is 12.1. The van der Waals surface area contributed by atoms with Gasteiger partial charge in [-0.1, -0.05) is 12.1 Å². The van der Waals surface area contributed by atoms with Crippen molar-refractivity contribution >= 4 is 22.1 Å². The number of carboxylic acids is 1. The van der Waals surface area contributed by atoms with E-state index in [1.54, 1.807) is 6.07 Å². The van der Waals surface area contributed by atoms with E-state index in [-0.39, 0.29) is 10.6 Å². The Hall–Kier alpha value is -1.86. The molecule has 1 rings (SSSR count).